The number of nitrogens with zero attached hydrogens (tertiary/aromatic N) is 3. The Morgan fingerprint density at radius 3 is 2.94 bits per heavy atom. The SMILES string of the molecule is CCc1cc(NCCc2[nH]cnc2Br)ncn1. The molecule has 0 bridgehead atoms. The van der Waals surface area contributed by atoms with Gasteiger partial charge in [0.05, 0.1) is 12.0 Å². The normalized spacial score (nSPS) is 10.5. The molecule has 0 saturated heterocycles. The molecule has 90 valence electrons. The first-order valence-electron chi connectivity index (χ1n) is 5.52. The van der Waals surface area contributed by atoms with Crippen LogP contribution in [0.5, 0.6) is 0 Å². The predicted molar refractivity (Wildman–Crippen MR) is 69.9 cm³/mol. The molecular weight excluding hydrogens is 282 g/mol. The van der Waals surface area contributed by atoms with E-state index in [9.17, 15) is 0 Å². The van der Waals surface area contributed by atoms with E-state index in [1.807, 2.05) is 6.07 Å². The van der Waals surface area contributed by atoms with Crippen LogP contribution in [-0.4, -0.2) is 26.5 Å². The van der Waals surface area contributed by atoms with Crippen LogP contribution in [0.2, 0.25) is 0 Å². The monoisotopic (exact) mass is 295 g/mol. The highest BCUT2D eigenvalue weighted by molar-refractivity contribution is 9.10. The Morgan fingerprint density at radius 1 is 1.35 bits per heavy atom. The number of aromatic amines is 1. The van der Waals surface area contributed by atoms with Crippen LogP contribution in [0.4, 0.5) is 5.82 Å². The predicted octanol–water partition coefficient (Wildman–Crippen LogP) is 2.18. The average molecular weight is 296 g/mol. The minimum atomic E-state index is 0.807. The number of imidazole rings is 1. The molecule has 0 radical (unpaired) electrons. The van der Waals surface area contributed by atoms with Crippen LogP contribution < -0.4 is 5.32 Å². The van der Waals surface area contributed by atoms with Crippen molar-refractivity contribution in [1.29, 1.82) is 0 Å². The first kappa shape index (κ1) is 12.0. The molecular formula is C11H14BrN5. The number of aryl methyl sites for hydroxylation is 1. The van der Waals surface area contributed by atoms with E-state index in [-0.39, 0.29) is 0 Å². The summed E-state index contributed by atoms with van der Waals surface area (Å²) in [6.45, 7) is 2.88. The van der Waals surface area contributed by atoms with E-state index in [4.69, 9.17) is 0 Å². The molecule has 0 aliphatic heterocycles. The maximum Gasteiger partial charge on any atom is 0.129 e. The van der Waals surface area contributed by atoms with Gasteiger partial charge in [-0.05, 0) is 22.4 Å². The zero-order chi connectivity index (χ0) is 12.1. The zero-order valence-corrected chi connectivity index (χ0v) is 11.2. The maximum absolute atomic E-state index is 4.17. The van der Waals surface area contributed by atoms with Crippen molar-refractivity contribution in [2.24, 2.45) is 0 Å². The molecule has 2 aromatic heterocycles. The first-order valence-corrected chi connectivity index (χ1v) is 6.31. The number of hydrogen-bond donors (Lipinski definition) is 2. The lowest BCUT2D eigenvalue weighted by atomic mass is 10.3. The van der Waals surface area contributed by atoms with Gasteiger partial charge in [0, 0.05) is 24.7 Å². The number of halogens is 1. The number of rotatable bonds is 5. The van der Waals surface area contributed by atoms with Crippen LogP contribution in [0.15, 0.2) is 23.3 Å². The molecule has 0 saturated carbocycles. The minimum absolute atomic E-state index is 0.807. The highest BCUT2D eigenvalue weighted by atomic mass is 79.9. The quantitative estimate of drug-likeness (QED) is 0.887. The fourth-order valence-corrected chi connectivity index (χ4v) is 1.90. The van der Waals surface area contributed by atoms with E-state index in [1.54, 1.807) is 12.7 Å². The van der Waals surface area contributed by atoms with Gasteiger partial charge in [0.15, 0.2) is 0 Å². The third-order valence-corrected chi connectivity index (χ3v) is 3.12. The van der Waals surface area contributed by atoms with Gasteiger partial charge in [-0.3, -0.25) is 0 Å². The molecule has 0 aromatic carbocycles. The van der Waals surface area contributed by atoms with Crippen LogP contribution in [0.25, 0.3) is 0 Å². The highest BCUT2D eigenvalue weighted by Crippen LogP contribution is 2.11. The number of nitrogens with one attached hydrogen (secondary N) is 2. The van der Waals surface area contributed by atoms with E-state index in [1.165, 1.54) is 0 Å². The molecule has 2 aromatic rings. The molecule has 0 atom stereocenters. The van der Waals surface area contributed by atoms with Crippen molar-refractivity contribution < 1.29 is 0 Å². The maximum atomic E-state index is 4.17. The van der Waals surface area contributed by atoms with Crippen molar-refractivity contribution in [3.63, 3.8) is 0 Å². The third-order valence-electron chi connectivity index (χ3n) is 2.43. The van der Waals surface area contributed by atoms with Gasteiger partial charge in [-0.25, -0.2) is 15.0 Å². The molecule has 0 fully saturated rings. The Kier molecular flexibility index (Phi) is 4.08. The summed E-state index contributed by atoms with van der Waals surface area (Å²) in [5.41, 5.74) is 2.13. The van der Waals surface area contributed by atoms with Crippen LogP contribution in [0, 0.1) is 0 Å². The van der Waals surface area contributed by atoms with E-state index in [2.05, 4.69) is 48.1 Å². The smallest absolute Gasteiger partial charge is 0.129 e. The van der Waals surface area contributed by atoms with Gasteiger partial charge >= 0.3 is 0 Å². The van der Waals surface area contributed by atoms with E-state index in [0.717, 1.165) is 41.2 Å². The molecule has 17 heavy (non-hydrogen) atoms. The second kappa shape index (κ2) is 5.77. The number of anilines is 1. The van der Waals surface area contributed by atoms with Crippen LogP contribution in [-0.2, 0) is 12.8 Å². The molecule has 0 aliphatic rings. The lowest BCUT2D eigenvalue weighted by Crippen LogP contribution is -2.07. The Hall–Kier alpha value is -1.43. The third kappa shape index (κ3) is 3.26. The molecule has 2 rings (SSSR count). The van der Waals surface area contributed by atoms with Gasteiger partial charge in [-0.1, -0.05) is 6.92 Å². The highest BCUT2D eigenvalue weighted by Gasteiger charge is 2.02. The summed E-state index contributed by atoms with van der Waals surface area (Å²) < 4.78 is 0.872. The summed E-state index contributed by atoms with van der Waals surface area (Å²) in [5, 5.41) is 3.27. The summed E-state index contributed by atoms with van der Waals surface area (Å²) in [6.07, 6.45) is 5.06. The fraction of sp³-hybridized carbons (Fsp3) is 0.364. The molecule has 0 unspecified atom stereocenters. The molecule has 0 spiro atoms. The van der Waals surface area contributed by atoms with Crippen LogP contribution >= 0.6 is 15.9 Å². The second-order valence-corrected chi connectivity index (χ2v) is 4.35. The summed E-state index contributed by atoms with van der Waals surface area (Å²) in [7, 11) is 0. The van der Waals surface area contributed by atoms with Crippen LogP contribution in [0.3, 0.4) is 0 Å². The van der Waals surface area contributed by atoms with Crippen molar-refractivity contribution in [1.82, 2.24) is 19.9 Å². The van der Waals surface area contributed by atoms with Crippen molar-refractivity contribution in [3.05, 3.63) is 34.7 Å². The van der Waals surface area contributed by atoms with Crippen molar-refractivity contribution in [2.75, 3.05) is 11.9 Å². The largest absolute Gasteiger partial charge is 0.370 e. The lowest BCUT2D eigenvalue weighted by molar-refractivity contribution is 0.944. The van der Waals surface area contributed by atoms with Crippen molar-refractivity contribution >= 4 is 21.7 Å². The summed E-state index contributed by atoms with van der Waals surface area (Å²) in [4.78, 5) is 15.5. The molecule has 5 nitrogen and oxygen atoms in total. The standard InChI is InChI=1S/C11H14BrN5/c1-2-8-5-10(16-6-14-8)13-4-3-9-11(12)17-7-15-9/h5-7H,2-4H2,1H3,(H,15,17)(H,13,14,16). The van der Waals surface area contributed by atoms with Gasteiger partial charge in [0.1, 0.15) is 16.7 Å². The van der Waals surface area contributed by atoms with E-state index >= 15 is 0 Å². The van der Waals surface area contributed by atoms with Gasteiger partial charge in [-0.15, -0.1) is 0 Å². The fourth-order valence-electron chi connectivity index (χ4n) is 1.48. The molecule has 2 N–H and O–H groups in total. The molecule has 2 heterocycles. The second-order valence-electron chi connectivity index (χ2n) is 3.60. The summed E-state index contributed by atoms with van der Waals surface area (Å²) in [6, 6.07) is 1.97. The molecule has 0 amide bonds. The van der Waals surface area contributed by atoms with Gasteiger partial charge in [0.25, 0.3) is 0 Å². The topological polar surface area (TPSA) is 66.5 Å². The van der Waals surface area contributed by atoms with Gasteiger partial charge in [-0.2, -0.15) is 0 Å². The van der Waals surface area contributed by atoms with Crippen molar-refractivity contribution in [2.45, 2.75) is 19.8 Å². The first-order chi connectivity index (χ1) is 8.29. The van der Waals surface area contributed by atoms with E-state index < -0.39 is 0 Å². The van der Waals surface area contributed by atoms with E-state index in [0.29, 0.717) is 0 Å². The Labute approximate surface area is 108 Å². The summed E-state index contributed by atoms with van der Waals surface area (Å²) >= 11 is 3.38. The van der Waals surface area contributed by atoms with Crippen molar-refractivity contribution in [3.8, 4) is 0 Å². The molecule has 0 aliphatic carbocycles. The summed E-state index contributed by atoms with van der Waals surface area (Å²) in [5.74, 6) is 0.868. The van der Waals surface area contributed by atoms with Gasteiger partial charge < -0.3 is 10.3 Å². The number of aromatic nitrogens is 4. The average Bonchev–Trinajstić information content (AvgIpc) is 2.76. The number of H-pyrrole nitrogens is 1. The lowest BCUT2D eigenvalue weighted by Gasteiger charge is -2.05. The minimum Gasteiger partial charge on any atom is -0.370 e. The molecule has 6 heteroatoms. The Morgan fingerprint density at radius 2 is 2.24 bits per heavy atom. The zero-order valence-electron chi connectivity index (χ0n) is 9.57. The Bertz CT molecular complexity index is 482. The Balaban J connectivity index is 1.87. The van der Waals surface area contributed by atoms with Gasteiger partial charge in [0.2, 0.25) is 0 Å². The number of hydrogen-bond acceptors (Lipinski definition) is 4. The van der Waals surface area contributed by atoms with Crippen LogP contribution in [0.1, 0.15) is 18.3 Å².